The minimum Gasteiger partial charge on any atom is -0.356 e. The van der Waals surface area contributed by atoms with E-state index in [0.29, 0.717) is 19.1 Å². The lowest BCUT2D eigenvalue weighted by Gasteiger charge is -2.37. The summed E-state index contributed by atoms with van der Waals surface area (Å²) in [6.07, 6.45) is 4.83. The number of nitrogens with zero attached hydrogens (tertiary/aromatic N) is 2. The summed E-state index contributed by atoms with van der Waals surface area (Å²) >= 11 is 0. The van der Waals surface area contributed by atoms with Gasteiger partial charge in [-0.15, -0.1) is 0 Å². The summed E-state index contributed by atoms with van der Waals surface area (Å²) in [7, 11) is 0. The first kappa shape index (κ1) is 17.2. The van der Waals surface area contributed by atoms with Gasteiger partial charge in [0, 0.05) is 30.4 Å². The largest absolute Gasteiger partial charge is 0.356 e. The number of benzene rings is 1. The van der Waals surface area contributed by atoms with Gasteiger partial charge in [0.1, 0.15) is 5.54 Å². The summed E-state index contributed by atoms with van der Waals surface area (Å²) in [5.74, 6) is -0.128. The van der Waals surface area contributed by atoms with Crippen LogP contribution in [0.2, 0.25) is 0 Å². The third kappa shape index (κ3) is 2.39. The average molecular weight is 368 g/mol. The van der Waals surface area contributed by atoms with Crippen LogP contribution in [0.15, 0.2) is 24.3 Å². The lowest BCUT2D eigenvalue weighted by atomic mass is 9.78. The van der Waals surface area contributed by atoms with Crippen LogP contribution in [-0.4, -0.2) is 55.5 Å². The fraction of sp³-hybridized carbons (Fsp3) is 0.619. The van der Waals surface area contributed by atoms with Crippen LogP contribution in [0.25, 0.3) is 0 Å². The van der Waals surface area contributed by atoms with Gasteiger partial charge >= 0.3 is 0 Å². The zero-order valence-corrected chi connectivity index (χ0v) is 15.7. The average Bonchev–Trinajstić information content (AvgIpc) is 3.32. The molecular formula is C21H28N4O2. The van der Waals surface area contributed by atoms with E-state index < -0.39 is 5.54 Å². The van der Waals surface area contributed by atoms with Crippen LogP contribution in [0.3, 0.4) is 0 Å². The molecule has 2 amide bonds. The van der Waals surface area contributed by atoms with Gasteiger partial charge < -0.3 is 15.5 Å². The monoisotopic (exact) mass is 368 g/mol. The summed E-state index contributed by atoms with van der Waals surface area (Å²) in [5, 5.41) is 6.56. The molecule has 2 N–H and O–H groups in total. The molecule has 3 saturated heterocycles. The Hall–Kier alpha value is -1.92. The van der Waals surface area contributed by atoms with Crippen LogP contribution in [0, 0.1) is 5.92 Å². The maximum absolute atomic E-state index is 13.9. The van der Waals surface area contributed by atoms with E-state index in [1.807, 2.05) is 17.0 Å². The van der Waals surface area contributed by atoms with Crippen molar-refractivity contribution >= 4 is 17.5 Å². The summed E-state index contributed by atoms with van der Waals surface area (Å²) in [4.78, 5) is 31.5. The molecule has 4 aliphatic heterocycles. The van der Waals surface area contributed by atoms with Crippen LogP contribution in [-0.2, 0) is 15.1 Å². The molecule has 0 unspecified atom stereocenters. The number of anilines is 1. The van der Waals surface area contributed by atoms with E-state index in [1.54, 1.807) is 0 Å². The summed E-state index contributed by atoms with van der Waals surface area (Å²) in [6.45, 7) is 4.07. The first-order valence-corrected chi connectivity index (χ1v) is 10.4. The van der Waals surface area contributed by atoms with Crippen molar-refractivity contribution in [1.29, 1.82) is 0 Å². The number of rotatable bonds is 0. The Balaban J connectivity index is 1.65. The van der Waals surface area contributed by atoms with Gasteiger partial charge in [-0.05, 0) is 57.8 Å². The fourth-order valence-corrected chi connectivity index (χ4v) is 5.82. The molecule has 27 heavy (non-hydrogen) atoms. The van der Waals surface area contributed by atoms with E-state index in [4.69, 9.17) is 0 Å². The third-order valence-corrected chi connectivity index (χ3v) is 6.90. The number of hydrogen-bond acceptors (Lipinski definition) is 4. The second-order valence-corrected chi connectivity index (χ2v) is 8.27. The first-order valence-electron chi connectivity index (χ1n) is 10.4. The fourth-order valence-electron chi connectivity index (χ4n) is 5.82. The Kier molecular flexibility index (Phi) is 4.20. The van der Waals surface area contributed by atoms with Crippen molar-refractivity contribution in [3.8, 4) is 0 Å². The Morgan fingerprint density at radius 1 is 1.00 bits per heavy atom. The van der Waals surface area contributed by atoms with E-state index in [2.05, 4.69) is 27.7 Å². The van der Waals surface area contributed by atoms with Crippen molar-refractivity contribution in [2.24, 2.45) is 5.92 Å². The number of carbonyl (C=O) groups is 2. The lowest BCUT2D eigenvalue weighted by molar-refractivity contribution is -0.138. The van der Waals surface area contributed by atoms with Crippen molar-refractivity contribution < 1.29 is 9.59 Å². The highest BCUT2D eigenvalue weighted by Crippen LogP contribution is 2.56. The van der Waals surface area contributed by atoms with Crippen LogP contribution in [0.1, 0.15) is 37.7 Å². The molecule has 0 aromatic heterocycles. The molecule has 6 nitrogen and oxygen atoms in total. The molecule has 0 aliphatic carbocycles. The predicted molar refractivity (Wildman–Crippen MR) is 103 cm³/mol. The third-order valence-electron chi connectivity index (χ3n) is 6.90. The molecule has 1 spiro atoms. The number of hydrogen-bond donors (Lipinski definition) is 2. The molecule has 0 radical (unpaired) electrons. The zero-order chi connectivity index (χ0) is 18.4. The summed E-state index contributed by atoms with van der Waals surface area (Å²) in [6, 6.07) is 8.50. The van der Waals surface area contributed by atoms with Gasteiger partial charge in [0.25, 0.3) is 5.91 Å². The predicted octanol–water partition coefficient (Wildman–Crippen LogP) is 1.21. The van der Waals surface area contributed by atoms with E-state index in [0.717, 1.165) is 63.0 Å². The first-order chi connectivity index (χ1) is 13.2. The lowest BCUT2D eigenvalue weighted by Crippen LogP contribution is -2.56. The van der Waals surface area contributed by atoms with Gasteiger partial charge in [0.2, 0.25) is 5.91 Å². The van der Waals surface area contributed by atoms with Crippen LogP contribution >= 0.6 is 0 Å². The van der Waals surface area contributed by atoms with Gasteiger partial charge in [-0.3, -0.25) is 14.5 Å². The van der Waals surface area contributed by atoms with Crippen molar-refractivity contribution in [2.45, 2.75) is 43.7 Å². The normalized spacial score (nSPS) is 34.1. The molecule has 4 heterocycles. The number of nitrogens with one attached hydrogen (secondary N) is 2. The molecule has 0 saturated carbocycles. The highest BCUT2D eigenvalue weighted by atomic mass is 16.2. The van der Waals surface area contributed by atoms with Crippen molar-refractivity contribution in [1.82, 2.24) is 15.5 Å². The van der Waals surface area contributed by atoms with Gasteiger partial charge in [0.05, 0.1) is 5.92 Å². The van der Waals surface area contributed by atoms with Crippen LogP contribution in [0.5, 0.6) is 0 Å². The Bertz CT molecular complexity index is 766. The molecular weight excluding hydrogens is 340 g/mol. The van der Waals surface area contributed by atoms with Gasteiger partial charge in [-0.2, -0.15) is 0 Å². The number of amides is 2. The van der Waals surface area contributed by atoms with Crippen molar-refractivity contribution in [3.05, 3.63) is 29.8 Å². The molecule has 1 aromatic carbocycles. The topological polar surface area (TPSA) is 64.7 Å². The summed E-state index contributed by atoms with van der Waals surface area (Å²) < 4.78 is 0. The smallest absolute Gasteiger partial charge is 0.253 e. The van der Waals surface area contributed by atoms with Gasteiger partial charge in [-0.1, -0.05) is 18.2 Å². The van der Waals surface area contributed by atoms with Gasteiger partial charge in [-0.25, -0.2) is 0 Å². The molecule has 2 bridgehead atoms. The molecule has 4 aliphatic rings. The Morgan fingerprint density at radius 2 is 1.85 bits per heavy atom. The number of carbonyl (C=O) groups excluding carboxylic acids is 2. The standard InChI is InChI=1S/C21H28N4O2/c26-19-17-14-15-6-3-13-25(15)21(17)16-7-1-2-8-18(16)24(20(21)27)12-5-10-22-9-4-11-23-19/h1-2,7-8,15,17,22H,3-6,9-14H2,(H,23,26)/t15-,17-,21+/m0/s1. The SMILES string of the molecule is O=C1NCCCNCCCN2C(=O)[C@@]3(c4ccccc42)[C@H]1C[C@@H]1CCCN13. The highest BCUT2D eigenvalue weighted by molar-refractivity contribution is 6.10. The molecule has 6 heteroatoms. The number of fused-ring (bicyclic) bond motifs is 4. The quantitative estimate of drug-likeness (QED) is 0.723. The van der Waals surface area contributed by atoms with E-state index in [1.165, 1.54) is 0 Å². The Morgan fingerprint density at radius 3 is 2.78 bits per heavy atom. The second kappa shape index (κ2) is 6.60. The molecule has 1 aromatic rings. The van der Waals surface area contributed by atoms with Gasteiger partial charge in [0.15, 0.2) is 0 Å². The molecule has 3 fully saturated rings. The molecule has 144 valence electrons. The highest BCUT2D eigenvalue weighted by Gasteiger charge is 2.66. The minimum atomic E-state index is -0.802. The van der Waals surface area contributed by atoms with Crippen molar-refractivity contribution in [2.75, 3.05) is 37.6 Å². The molecule has 5 rings (SSSR count). The number of para-hydroxylation sites is 1. The Labute approximate surface area is 160 Å². The van der Waals surface area contributed by atoms with E-state index in [9.17, 15) is 9.59 Å². The maximum Gasteiger partial charge on any atom is 0.253 e. The maximum atomic E-state index is 13.9. The minimum absolute atomic E-state index is 0.0497. The summed E-state index contributed by atoms with van der Waals surface area (Å²) in [5.41, 5.74) is 1.25. The second-order valence-electron chi connectivity index (χ2n) is 8.27. The molecule has 3 atom stereocenters. The van der Waals surface area contributed by atoms with Crippen molar-refractivity contribution in [3.63, 3.8) is 0 Å². The van der Waals surface area contributed by atoms with Crippen LogP contribution in [0.4, 0.5) is 5.69 Å². The van der Waals surface area contributed by atoms with E-state index >= 15 is 0 Å². The van der Waals surface area contributed by atoms with Crippen LogP contribution < -0.4 is 15.5 Å². The zero-order valence-electron chi connectivity index (χ0n) is 15.7. The van der Waals surface area contributed by atoms with E-state index in [-0.39, 0.29) is 17.7 Å².